The molecule has 3 aromatic rings. The van der Waals surface area contributed by atoms with Crippen LogP contribution < -0.4 is 15.5 Å². The van der Waals surface area contributed by atoms with Crippen LogP contribution in [0.4, 0.5) is 5.69 Å². The summed E-state index contributed by atoms with van der Waals surface area (Å²) in [6.07, 6.45) is 8.68. The summed E-state index contributed by atoms with van der Waals surface area (Å²) in [6, 6.07) is 15.4. The fourth-order valence-electron chi connectivity index (χ4n) is 4.20. The van der Waals surface area contributed by atoms with Crippen molar-refractivity contribution in [3.05, 3.63) is 60.0 Å². The Hall–Kier alpha value is -2.36. The van der Waals surface area contributed by atoms with Crippen LogP contribution in [0.5, 0.6) is 0 Å². The maximum Gasteiger partial charge on any atom is 0.191 e. The third kappa shape index (κ3) is 6.11. The molecule has 1 fully saturated rings. The van der Waals surface area contributed by atoms with Gasteiger partial charge in [0, 0.05) is 31.5 Å². The van der Waals surface area contributed by atoms with Crippen molar-refractivity contribution in [1.29, 1.82) is 0 Å². The normalized spacial score (nSPS) is 14.8. The summed E-state index contributed by atoms with van der Waals surface area (Å²) in [5.74, 6) is 1.63. The molecule has 2 N–H and O–H groups in total. The Morgan fingerprint density at radius 2 is 1.84 bits per heavy atom. The van der Waals surface area contributed by atoms with E-state index in [0.29, 0.717) is 19.1 Å². The van der Waals surface area contributed by atoms with Crippen molar-refractivity contribution in [2.24, 2.45) is 4.99 Å². The zero-order chi connectivity index (χ0) is 21.5. The van der Waals surface area contributed by atoms with E-state index in [9.17, 15) is 0 Å². The minimum atomic E-state index is 0. The predicted molar refractivity (Wildman–Crippen MR) is 142 cm³/mol. The molecule has 1 saturated carbocycles. The average molecular weight is 547 g/mol. The summed E-state index contributed by atoms with van der Waals surface area (Å²) >= 11 is 0. The van der Waals surface area contributed by atoms with E-state index in [1.807, 2.05) is 28.8 Å². The molecule has 1 aliphatic carbocycles. The second kappa shape index (κ2) is 12.0. The predicted octanol–water partition coefficient (Wildman–Crippen LogP) is 4.37. The Balaban J connectivity index is 0.00000289. The lowest BCUT2D eigenvalue weighted by molar-refractivity contribution is 0.427. The fraction of sp³-hybridized carbons (Fsp3) is 0.458. The second-order valence-corrected chi connectivity index (χ2v) is 8.16. The van der Waals surface area contributed by atoms with E-state index >= 15 is 0 Å². The summed E-state index contributed by atoms with van der Waals surface area (Å²) in [6.45, 7) is 4.06. The van der Waals surface area contributed by atoms with Crippen LogP contribution in [0.1, 0.15) is 50.4 Å². The van der Waals surface area contributed by atoms with Gasteiger partial charge in [0.05, 0.1) is 13.1 Å². The molecule has 0 unspecified atom stereocenters. The molecule has 0 aliphatic heterocycles. The van der Waals surface area contributed by atoms with Gasteiger partial charge < -0.3 is 15.5 Å². The molecule has 4 rings (SSSR count). The minimum Gasteiger partial charge on any atom is -0.372 e. The lowest BCUT2D eigenvalue weighted by atomic mass is 9.94. The number of hydrogen-bond acceptors (Lipinski definition) is 4. The van der Waals surface area contributed by atoms with Gasteiger partial charge in [-0.1, -0.05) is 37.5 Å². The first-order valence-corrected chi connectivity index (χ1v) is 11.4. The van der Waals surface area contributed by atoms with Crippen LogP contribution in [-0.4, -0.2) is 40.2 Å². The van der Waals surface area contributed by atoms with E-state index in [4.69, 9.17) is 4.99 Å². The zero-order valence-electron chi connectivity index (χ0n) is 19.0. The number of hydrogen-bond donors (Lipinski definition) is 2. The molecular formula is C24H34IN7. The van der Waals surface area contributed by atoms with Gasteiger partial charge in [-0.3, -0.25) is 4.40 Å². The number of fused-ring (bicyclic) bond motifs is 1. The van der Waals surface area contributed by atoms with Crippen LogP contribution in [0.15, 0.2) is 53.7 Å². The van der Waals surface area contributed by atoms with Gasteiger partial charge in [-0.25, -0.2) is 4.99 Å². The summed E-state index contributed by atoms with van der Waals surface area (Å²) in [4.78, 5) is 7.20. The summed E-state index contributed by atoms with van der Waals surface area (Å²) in [5, 5.41) is 15.1. The second-order valence-electron chi connectivity index (χ2n) is 8.16. The molecule has 7 nitrogen and oxygen atoms in total. The quantitative estimate of drug-likeness (QED) is 0.261. The molecule has 0 bridgehead atoms. The van der Waals surface area contributed by atoms with Gasteiger partial charge in [0.2, 0.25) is 0 Å². The lowest BCUT2D eigenvalue weighted by Gasteiger charge is -2.33. The molecule has 0 spiro atoms. The van der Waals surface area contributed by atoms with Gasteiger partial charge in [0.15, 0.2) is 17.4 Å². The lowest BCUT2D eigenvalue weighted by Crippen LogP contribution is -2.37. The molecule has 0 saturated heterocycles. The van der Waals surface area contributed by atoms with Crippen molar-refractivity contribution in [3.63, 3.8) is 0 Å². The van der Waals surface area contributed by atoms with E-state index in [0.717, 1.165) is 24.0 Å². The van der Waals surface area contributed by atoms with Gasteiger partial charge >= 0.3 is 0 Å². The van der Waals surface area contributed by atoms with Crippen molar-refractivity contribution >= 4 is 41.3 Å². The van der Waals surface area contributed by atoms with Crippen LogP contribution >= 0.6 is 24.0 Å². The topological polar surface area (TPSA) is 69.8 Å². The SMILES string of the molecule is CCNC(=NCc1ccc(N(C)C2CCCCC2)cc1)NCc1nnc2ccccn12.I. The molecule has 1 aromatic carbocycles. The molecule has 32 heavy (non-hydrogen) atoms. The first-order chi connectivity index (χ1) is 15.2. The van der Waals surface area contributed by atoms with Crippen molar-refractivity contribution < 1.29 is 0 Å². The smallest absolute Gasteiger partial charge is 0.191 e. The van der Waals surface area contributed by atoms with Crippen molar-refractivity contribution in [2.75, 3.05) is 18.5 Å². The third-order valence-electron chi connectivity index (χ3n) is 6.03. The van der Waals surface area contributed by atoms with Gasteiger partial charge in [-0.15, -0.1) is 34.2 Å². The van der Waals surface area contributed by atoms with Crippen molar-refractivity contribution in [2.45, 2.75) is 58.2 Å². The molecule has 1 aliphatic rings. The van der Waals surface area contributed by atoms with E-state index in [1.165, 1.54) is 43.4 Å². The average Bonchev–Trinajstić information content (AvgIpc) is 3.24. The number of nitrogens with zero attached hydrogens (tertiary/aromatic N) is 5. The number of nitrogens with one attached hydrogen (secondary N) is 2. The number of aromatic nitrogens is 3. The molecule has 2 heterocycles. The zero-order valence-corrected chi connectivity index (χ0v) is 21.3. The van der Waals surface area contributed by atoms with Gasteiger partial charge in [0.25, 0.3) is 0 Å². The number of aliphatic imine (C=N–C) groups is 1. The summed E-state index contributed by atoms with van der Waals surface area (Å²) < 4.78 is 1.98. The Kier molecular flexibility index (Phi) is 9.13. The monoisotopic (exact) mass is 547 g/mol. The number of benzene rings is 1. The van der Waals surface area contributed by atoms with E-state index in [1.54, 1.807) is 0 Å². The Morgan fingerprint density at radius 1 is 1.06 bits per heavy atom. The van der Waals surface area contributed by atoms with Crippen molar-refractivity contribution in [3.8, 4) is 0 Å². The van der Waals surface area contributed by atoms with Crippen LogP contribution in [0.3, 0.4) is 0 Å². The van der Waals surface area contributed by atoms with Crippen LogP contribution in [-0.2, 0) is 13.1 Å². The number of guanidine groups is 1. The maximum absolute atomic E-state index is 4.75. The molecule has 0 amide bonds. The van der Waals surface area contributed by atoms with Gasteiger partial charge in [0.1, 0.15) is 0 Å². The van der Waals surface area contributed by atoms with Crippen molar-refractivity contribution in [1.82, 2.24) is 25.2 Å². The highest BCUT2D eigenvalue weighted by Crippen LogP contribution is 2.26. The highest BCUT2D eigenvalue weighted by molar-refractivity contribution is 14.0. The Bertz CT molecular complexity index is 993. The highest BCUT2D eigenvalue weighted by atomic mass is 127. The van der Waals surface area contributed by atoms with E-state index in [-0.39, 0.29) is 24.0 Å². The minimum absolute atomic E-state index is 0. The molecule has 8 heteroatoms. The highest BCUT2D eigenvalue weighted by Gasteiger charge is 2.18. The summed E-state index contributed by atoms with van der Waals surface area (Å²) in [5.41, 5.74) is 3.34. The maximum atomic E-state index is 4.75. The summed E-state index contributed by atoms with van der Waals surface area (Å²) in [7, 11) is 2.23. The molecular weight excluding hydrogens is 513 g/mol. The molecule has 0 radical (unpaired) electrons. The van der Waals surface area contributed by atoms with Gasteiger partial charge in [-0.2, -0.15) is 0 Å². The Morgan fingerprint density at radius 3 is 2.59 bits per heavy atom. The molecule has 172 valence electrons. The van der Waals surface area contributed by atoms with E-state index in [2.05, 4.69) is 64.0 Å². The number of anilines is 1. The molecule has 2 aromatic heterocycles. The van der Waals surface area contributed by atoms with Crippen LogP contribution in [0.25, 0.3) is 5.65 Å². The fourth-order valence-corrected chi connectivity index (χ4v) is 4.20. The number of pyridine rings is 1. The number of rotatable bonds is 7. The standard InChI is InChI=1S/C24H33N7.HI/c1-3-25-24(27-18-23-29-28-22-11-7-8-16-31(22)23)26-17-19-12-14-21(15-13-19)30(2)20-9-5-4-6-10-20;/h7-8,11-16,20H,3-6,9-10,17-18H2,1-2H3,(H2,25,26,27);1H. The number of halogens is 1. The van der Waals surface area contributed by atoms with Gasteiger partial charge in [-0.05, 0) is 49.6 Å². The molecule has 0 atom stereocenters. The largest absolute Gasteiger partial charge is 0.372 e. The van der Waals surface area contributed by atoms with E-state index < -0.39 is 0 Å². The first-order valence-electron chi connectivity index (χ1n) is 11.4. The third-order valence-corrected chi connectivity index (χ3v) is 6.03. The first kappa shape index (κ1) is 24.3. The van der Waals surface area contributed by atoms with Crippen LogP contribution in [0.2, 0.25) is 0 Å². The Labute approximate surface area is 207 Å². The van der Waals surface area contributed by atoms with Crippen LogP contribution in [0, 0.1) is 0 Å².